The Hall–Kier alpha value is -0.900. The van der Waals surface area contributed by atoms with Crippen molar-refractivity contribution in [2.45, 2.75) is 38.1 Å². The molecule has 1 aliphatic carbocycles. The molecule has 0 radical (unpaired) electrons. The van der Waals surface area contributed by atoms with Crippen LogP contribution in [0.25, 0.3) is 0 Å². The molecule has 0 spiro atoms. The maximum atomic E-state index is 5.78. The lowest BCUT2D eigenvalue weighted by Crippen LogP contribution is -2.14. The van der Waals surface area contributed by atoms with Gasteiger partial charge in [0.05, 0.1) is 0 Å². The minimum Gasteiger partial charge on any atom is -0.339 e. The smallest absolute Gasteiger partial charge is 0.229 e. The highest BCUT2D eigenvalue weighted by Gasteiger charge is 2.27. The van der Waals surface area contributed by atoms with Crippen LogP contribution < -0.4 is 5.73 Å². The van der Waals surface area contributed by atoms with E-state index in [-0.39, 0.29) is 0 Å². The van der Waals surface area contributed by atoms with Crippen molar-refractivity contribution in [3.63, 3.8) is 0 Å². The number of aryl methyl sites for hydroxylation is 1. The van der Waals surface area contributed by atoms with Gasteiger partial charge >= 0.3 is 0 Å². The molecule has 1 saturated carbocycles. The van der Waals surface area contributed by atoms with Crippen LogP contribution in [0.15, 0.2) is 4.52 Å². The van der Waals surface area contributed by atoms with Crippen molar-refractivity contribution in [2.75, 3.05) is 0 Å². The van der Waals surface area contributed by atoms with Crippen LogP contribution in [0.1, 0.15) is 36.9 Å². The third-order valence-electron chi connectivity index (χ3n) is 2.37. The third kappa shape index (κ3) is 1.34. The molecular weight excluding hydrogens is 154 g/mol. The number of hydrogen-bond donors (Lipinski definition) is 1. The predicted molar refractivity (Wildman–Crippen MR) is 43.6 cm³/mol. The lowest BCUT2D eigenvalue weighted by Gasteiger charge is -2.01. The first-order valence-corrected chi connectivity index (χ1v) is 4.31. The van der Waals surface area contributed by atoms with Crippen LogP contribution in [0.5, 0.6) is 0 Å². The Bertz CT molecular complexity index is 271. The molecule has 0 bridgehead atoms. The summed E-state index contributed by atoms with van der Waals surface area (Å²) in [4.78, 5) is 4.19. The first-order chi connectivity index (χ1) is 5.75. The molecule has 2 rings (SSSR count). The molecule has 1 heterocycles. The fourth-order valence-corrected chi connectivity index (χ4v) is 1.72. The standard InChI is InChI=1S/C8H13N3O/c1-5-10-8(12-11-5)6-2-3-7(9)4-6/h6-7H,2-4,9H2,1H3/t6-,7+/m0/s1. The molecule has 0 aliphatic heterocycles. The Morgan fingerprint density at radius 3 is 2.83 bits per heavy atom. The molecule has 2 N–H and O–H groups in total. The normalized spacial score (nSPS) is 29.5. The minimum atomic E-state index is 0.321. The molecule has 1 fully saturated rings. The van der Waals surface area contributed by atoms with Crippen molar-refractivity contribution in [3.8, 4) is 0 Å². The van der Waals surface area contributed by atoms with E-state index in [4.69, 9.17) is 10.3 Å². The molecule has 0 unspecified atom stereocenters. The van der Waals surface area contributed by atoms with Crippen molar-refractivity contribution in [1.29, 1.82) is 0 Å². The average Bonchev–Trinajstić information content (AvgIpc) is 2.58. The largest absolute Gasteiger partial charge is 0.339 e. The van der Waals surface area contributed by atoms with Gasteiger partial charge in [0.2, 0.25) is 5.89 Å². The van der Waals surface area contributed by atoms with Gasteiger partial charge in [0.1, 0.15) is 0 Å². The molecule has 1 aromatic heterocycles. The van der Waals surface area contributed by atoms with E-state index in [1.807, 2.05) is 6.92 Å². The Labute approximate surface area is 71.1 Å². The maximum absolute atomic E-state index is 5.78. The summed E-state index contributed by atoms with van der Waals surface area (Å²) < 4.78 is 5.08. The van der Waals surface area contributed by atoms with Gasteiger partial charge in [0, 0.05) is 12.0 Å². The van der Waals surface area contributed by atoms with Crippen molar-refractivity contribution in [2.24, 2.45) is 5.73 Å². The Morgan fingerprint density at radius 1 is 1.50 bits per heavy atom. The molecule has 0 aromatic carbocycles. The summed E-state index contributed by atoms with van der Waals surface area (Å²) in [5.41, 5.74) is 5.78. The molecule has 66 valence electrons. The monoisotopic (exact) mass is 167 g/mol. The molecule has 1 aromatic rings. The second-order valence-corrected chi connectivity index (χ2v) is 3.45. The van der Waals surface area contributed by atoms with Gasteiger partial charge in [-0.1, -0.05) is 5.16 Å². The summed E-state index contributed by atoms with van der Waals surface area (Å²) in [6.07, 6.45) is 3.15. The summed E-state index contributed by atoms with van der Waals surface area (Å²) >= 11 is 0. The first kappa shape index (κ1) is 7.73. The first-order valence-electron chi connectivity index (χ1n) is 4.31. The second kappa shape index (κ2) is 2.86. The number of nitrogens with two attached hydrogens (primary N) is 1. The number of rotatable bonds is 1. The Kier molecular flexibility index (Phi) is 1.84. The summed E-state index contributed by atoms with van der Waals surface area (Å²) in [5, 5.41) is 3.76. The predicted octanol–water partition coefficient (Wildman–Crippen LogP) is 0.973. The summed E-state index contributed by atoms with van der Waals surface area (Å²) in [6, 6.07) is 0.321. The molecule has 1 aliphatic rings. The number of nitrogens with zero attached hydrogens (tertiary/aromatic N) is 2. The quantitative estimate of drug-likeness (QED) is 0.677. The SMILES string of the molecule is Cc1noc([C@H]2CC[C@@H](N)C2)n1. The molecule has 4 heteroatoms. The van der Waals surface area contributed by atoms with Gasteiger partial charge in [-0.05, 0) is 26.2 Å². The zero-order chi connectivity index (χ0) is 8.55. The highest BCUT2D eigenvalue weighted by Crippen LogP contribution is 2.32. The lowest BCUT2D eigenvalue weighted by atomic mass is 10.1. The zero-order valence-corrected chi connectivity index (χ0v) is 7.16. The molecular formula is C8H13N3O. The van der Waals surface area contributed by atoms with Gasteiger partial charge in [0.25, 0.3) is 0 Å². The van der Waals surface area contributed by atoms with Gasteiger partial charge in [-0.2, -0.15) is 4.98 Å². The van der Waals surface area contributed by atoms with E-state index in [1.165, 1.54) is 0 Å². The van der Waals surface area contributed by atoms with Gasteiger partial charge < -0.3 is 10.3 Å². The lowest BCUT2D eigenvalue weighted by molar-refractivity contribution is 0.350. The van der Waals surface area contributed by atoms with E-state index in [0.717, 1.165) is 25.2 Å². The van der Waals surface area contributed by atoms with Crippen molar-refractivity contribution in [3.05, 3.63) is 11.7 Å². The van der Waals surface area contributed by atoms with E-state index in [1.54, 1.807) is 0 Å². The van der Waals surface area contributed by atoms with E-state index < -0.39 is 0 Å². The van der Waals surface area contributed by atoms with Crippen LogP contribution in [0.2, 0.25) is 0 Å². The van der Waals surface area contributed by atoms with Crippen LogP contribution in [-0.2, 0) is 0 Å². The number of hydrogen-bond acceptors (Lipinski definition) is 4. The van der Waals surface area contributed by atoms with Crippen LogP contribution in [-0.4, -0.2) is 16.2 Å². The summed E-state index contributed by atoms with van der Waals surface area (Å²) in [7, 11) is 0. The average molecular weight is 167 g/mol. The Balaban J connectivity index is 2.11. The highest BCUT2D eigenvalue weighted by atomic mass is 16.5. The van der Waals surface area contributed by atoms with Crippen LogP contribution in [0.3, 0.4) is 0 Å². The van der Waals surface area contributed by atoms with Crippen LogP contribution >= 0.6 is 0 Å². The molecule has 2 atom stereocenters. The molecule has 0 amide bonds. The van der Waals surface area contributed by atoms with Crippen molar-refractivity contribution < 1.29 is 4.52 Å². The summed E-state index contributed by atoms with van der Waals surface area (Å²) in [5.74, 6) is 1.88. The highest BCUT2D eigenvalue weighted by molar-refractivity contribution is 4.98. The Morgan fingerprint density at radius 2 is 2.33 bits per heavy atom. The van der Waals surface area contributed by atoms with E-state index in [2.05, 4.69) is 10.1 Å². The third-order valence-corrected chi connectivity index (χ3v) is 2.37. The zero-order valence-electron chi connectivity index (χ0n) is 7.16. The fraction of sp³-hybridized carbons (Fsp3) is 0.750. The maximum Gasteiger partial charge on any atom is 0.229 e. The van der Waals surface area contributed by atoms with Crippen LogP contribution in [0.4, 0.5) is 0 Å². The van der Waals surface area contributed by atoms with E-state index in [0.29, 0.717) is 17.8 Å². The molecule has 0 saturated heterocycles. The second-order valence-electron chi connectivity index (χ2n) is 3.45. The minimum absolute atomic E-state index is 0.321. The van der Waals surface area contributed by atoms with Gasteiger partial charge in [-0.15, -0.1) is 0 Å². The molecule has 4 nitrogen and oxygen atoms in total. The molecule has 12 heavy (non-hydrogen) atoms. The van der Waals surface area contributed by atoms with E-state index in [9.17, 15) is 0 Å². The van der Waals surface area contributed by atoms with Crippen LogP contribution in [0, 0.1) is 6.92 Å². The van der Waals surface area contributed by atoms with Crippen molar-refractivity contribution in [1.82, 2.24) is 10.1 Å². The van der Waals surface area contributed by atoms with Gasteiger partial charge in [0.15, 0.2) is 5.82 Å². The van der Waals surface area contributed by atoms with Gasteiger partial charge in [-0.25, -0.2) is 0 Å². The van der Waals surface area contributed by atoms with E-state index >= 15 is 0 Å². The van der Waals surface area contributed by atoms with Crippen molar-refractivity contribution >= 4 is 0 Å². The topological polar surface area (TPSA) is 64.9 Å². The van der Waals surface area contributed by atoms with Gasteiger partial charge in [-0.3, -0.25) is 0 Å². The fourth-order valence-electron chi connectivity index (χ4n) is 1.72. The number of aromatic nitrogens is 2. The summed E-state index contributed by atoms with van der Waals surface area (Å²) in [6.45, 7) is 1.84.